The van der Waals surface area contributed by atoms with E-state index in [2.05, 4.69) is 105 Å². The second kappa shape index (κ2) is 13.1. The van der Waals surface area contributed by atoms with Crippen molar-refractivity contribution in [1.29, 1.82) is 0 Å². The van der Waals surface area contributed by atoms with E-state index in [1.54, 1.807) is 0 Å². The van der Waals surface area contributed by atoms with Crippen molar-refractivity contribution in [3.8, 4) is 0 Å². The normalized spacial score (nSPS) is 16.6. The zero-order valence-electron chi connectivity index (χ0n) is 25.0. The Hall–Kier alpha value is -2.66. The summed E-state index contributed by atoms with van der Waals surface area (Å²) in [7, 11) is 2.23. The van der Waals surface area contributed by atoms with Crippen LogP contribution < -0.4 is 5.32 Å². The summed E-state index contributed by atoms with van der Waals surface area (Å²) in [6, 6.07) is 18.6. The van der Waals surface area contributed by atoms with Crippen LogP contribution in [-0.2, 0) is 19.5 Å². The largest absolute Gasteiger partial charge is 0.368 e. The lowest BCUT2D eigenvalue weighted by Crippen LogP contribution is -2.65. The van der Waals surface area contributed by atoms with Gasteiger partial charge in [-0.2, -0.15) is 0 Å². The highest BCUT2D eigenvalue weighted by molar-refractivity contribution is 5.24. The SMILES string of the molecule is C=C(C)C(C)(F)F.C=C(NCc1ccc(CCC(C)C)cc1)N(Cc1ccc(C)cc1)C1CC2(C1)CN(C)C2. The van der Waals surface area contributed by atoms with Crippen LogP contribution in [0.3, 0.4) is 0 Å². The number of aryl methyl sites for hydroxylation is 2. The van der Waals surface area contributed by atoms with Crippen LogP contribution in [0.5, 0.6) is 0 Å². The monoisotopic (exact) mass is 537 g/mol. The molecule has 1 N–H and O–H groups in total. The summed E-state index contributed by atoms with van der Waals surface area (Å²) in [5.74, 6) is -0.882. The molecule has 0 atom stereocenters. The van der Waals surface area contributed by atoms with Crippen LogP contribution in [0.4, 0.5) is 8.78 Å². The summed E-state index contributed by atoms with van der Waals surface area (Å²) >= 11 is 0. The van der Waals surface area contributed by atoms with Crippen molar-refractivity contribution in [3.05, 3.63) is 95.3 Å². The molecule has 214 valence electrons. The molecule has 2 aliphatic rings. The minimum Gasteiger partial charge on any atom is -0.368 e. The number of benzene rings is 2. The minimum absolute atomic E-state index is 0.0903. The molecule has 2 aromatic rings. The van der Waals surface area contributed by atoms with Gasteiger partial charge in [0.05, 0.1) is 5.82 Å². The quantitative estimate of drug-likeness (QED) is 0.293. The van der Waals surface area contributed by atoms with E-state index in [0.29, 0.717) is 11.5 Å². The van der Waals surface area contributed by atoms with Gasteiger partial charge >= 0.3 is 0 Å². The van der Waals surface area contributed by atoms with Gasteiger partial charge in [0.15, 0.2) is 0 Å². The van der Waals surface area contributed by atoms with Crippen molar-refractivity contribution < 1.29 is 8.78 Å². The zero-order chi connectivity index (χ0) is 28.8. The lowest BCUT2D eigenvalue weighted by atomic mass is 9.60. The Morgan fingerprint density at radius 3 is 2.03 bits per heavy atom. The molecule has 1 aliphatic heterocycles. The zero-order valence-corrected chi connectivity index (χ0v) is 25.0. The van der Waals surface area contributed by atoms with Crippen LogP contribution in [-0.4, -0.2) is 41.9 Å². The fourth-order valence-electron chi connectivity index (χ4n) is 5.44. The summed E-state index contributed by atoms with van der Waals surface area (Å²) in [5, 5.41) is 3.64. The van der Waals surface area contributed by atoms with Crippen LogP contribution in [0.15, 0.2) is 73.1 Å². The van der Waals surface area contributed by atoms with Crippen molar-refractivity contribution >= 4 is 0 Å². The first kappa shape index (κ1) is 30.9. The summed E-state index contributed by atoms with van der Waals surface area (Å²) in [6.07, 6.45) is 4.99. The fourth-order valence-corrected chi connectivity index (χ4v) is 5.44. The maximum absolute atomic E-state index is 11.7. The van der Waals surface area contributed by atoms with E-state index in [9.17, 15) is 8.78 Å². The molecule has 0 aromatic heterocycles. The van der Waals surface area contributed by atoms with E-state index < -0.39 is 5.92 Å². The van der Waals surface area contributed by atoms with E-state index in [-0.39, 0.29) is 5.57 Å². The van der Waals surface area contributed by atoms with Crippen LogP contribution in [0.1, 0.15) is 69.2 Å². The molecule has 1 aliphatic carbocycles. The Bertz CT molecular complexity index is 1070. The van der Waals surface area contributed by atoms with E-state index in [1.807, 2.05) is 0 Å². The maximum atomic E-state index is 11.7. The van der Waals surface area contributed by atoms with Crippen molar-refractivity contribution in [2.45, 2.75) is 85.4 Å². The van der Waals surface area contributed by atoms with Gasteiger partial charge in [0, 0.05) is 39.1 Å². The molecule has 39 heavy (non-hydrogen) atoms. The van der Waals surface area contributed by atoms with Gasteiger partial charge in [0.2, 0.25) is 0 Å². The Balaban J connectivity index is 0.000000532. The standard InChI is InChI=1S/C29H41N3.C5H8F2/c1-22(2)6-9-25-12-14-26(15-13-25)18-30-24(4)32(19-27-10-7-23(3)8-11-27)28-16-29(17-28)20-31(5)21-29;1-4(2)5(3,6)7/h7-8,10-15,22,28,30H,4,6,9,16-21H2,1-3,5H3;1H2,2-3H3. The molecule has 1 saturated heterocycles. The van der Waals surface area contributed by atoms with Gasteiger partial charge in [-0.1, -0.05) is 81.1 Å². The predicted octanol–water partition coefficient (Wildman–Crippen LogP) is 7.96. The lowest BCUT2D eigenvalue weighted by Gasteiger charge is -2.60. The number of likely N-dealkylation sites (tertiary alicyclic amines) is 1. The number of rotatable bonds is 11. The first-order valence-electron chi connectivity index (χ1n) is 14.3. The smallest absolute Gasteiger partial charge is 0.266 e. The number of allylic oxidation sites excluding steroid dienone is 1. The average Bonchev–Trinajstić information content (AvgIpc) is 2.83. The molecule has 2 fully saturated rings. The number of nitrogens with one attached hydrogen (secondary N) is 1. The highest BCUT2D eigenvalue weighted by Crippen LogP contribution is 2.50. The Morgan fingerprint density at radius 1 is 1.03 bits per heavy atom. The van der Waals surface area contributed by atoms with Gasteiger partial charge in [-0.05, 0) is 80.2 Å². The second-order valence-corrected chi connectivity index (χ2v) is 12.6. The third-order valence-corrected chi connectivity index (χ3v) is 8.09. The molecule has 1 heterocycles. The molecule has 3 nitrogen and oxygen atoms in total. The number of alkyl halides is 2. The molecule has 0 radical (unpaired) electrons. The molecule has 2 aromatic carbocycles. The van der Waals surface area contributed by atoms with Crippen LogP contribution in [0.2, 0.25) is 0 Å². The Morgan fingerprint density at radius 2 is 1.54 bits per heavy atom. The minimum atomic E-state index is -2.69. The van der Waals surface area contributed by atoms with E-state index in [1.165, 1.54) is 68.0 Å². The summed E-state index contributed by atoms with van der Waals surface area (Å²) < 4.78 is 23.5. The first-order valence-corrected chi connectivity index (χ1v) is 14.3. The fraction of sp³-hybridized carbons (Fsp3) is 0.529. The number of halogens is 2. The molecule has 0 unspecified atom stereocenters. The highest BCUT2D eigenvalue weighted by Gasteiger charge is 2.52. The predicted molar refractivity (Wildman–Crippen MR) is 161 cm³/mol. The number of hydrogen-bond acceptors (Lipinski definition) is 3. The van der Waals surface area contributed by atoms with Gasteiger partial charge in [-0.15, -0.1) is 0 Å². The molecule has 1 saturated carbocycles. The molecule has 4 rings (SSSR count). The highest BCUT2D eigenvalue weighted by atomic mass is 19.3. The first-order chi connectivity index (χ1) is 18.3. The lowest BCUT2D eigenvalue weighted by molar-refractivity contribution is -0.0941. The summed E-state index contributed by atoms with van der Waals surface area (Å²) in [6.45, 7) is 20.7. The topological polar surface area (TPSA) is 18.5 Å². The molecule has 0 bridgehead atoms. The van der Waals surface area contributed by atoms with Crippen LogP contribution in [0, 0.1) is 18.3 Å². The molecule has 0 amide bonds. The Labute approximate surface area is 236 Å². The average molecular weight is 538 g/mol. The van der Waals surface area contributed by atoms with Gasteiger partial charge in [-0.3, -0.25) is 0 Å². The molecular weight excluding hydrogens is 488 g/mol. The second-order valence-electron chi connectivity index (χ2n) is 12.6. The van der Waals surface area contributed by atoms with Gasteiger partial charge in [0.1, 0.15) is 0 Å². The van der Waals surface area contributed by atoms with E-state index in [4.69, 9.17) is 0 Å². The number of hydrogen-bond donors (Lipinski definition) is 1. The van der Waals surface area contributed by atoms with Gasteiger partial charge in [-0.25, -0.2) is 8.78 Å². The molecule has 5 heteroatoms. The van der Waals surface area contributed by atoms with Crippen LogP contribution in [0.25, 0.3) is 0 Å². The molecule has 1 spiro atoms. The van der Waals surface area contributed by atoms with E-state index >= 15 is 0 Å². The molecular formula is C34H49F2N3. The Kier molecular flexibility index (Phi) is 10.4. The number of nitrogens with zero attached hydrogens (tertiary/aromatic N) is 2. The third-order valence-electron chi connectivity index (χ3n) is 8.09. The van der Waals surface area contributed by atoms with E-state index in [0.717, 1.165) is 31.8 Å². The summed E-state index contributed by atoms with van der Waals surface area (Å²) in [4.78, 5) is 4.96. The van der Waals surface area contributed by atoms with Crippen LogP contribution >= 0.6 is 0 Å². The van der Waals surface area contributed by atoms with Crippen molar-refractivity contribution in [1.82, 2.24) is 15.1 Å². The van der Waals surface area contributed by atoms with Crippen molar-refractivity contribution in [3.63, 3.8) is 0 Å². The van der Waals surface area contributed by atoms with Crippen molar-refractivity contribution in [2.75, 3.05) is 20.1 Å². The summed E-state index contributed by atoms with van der Waals surface area (Å²) in [5.41, 5.74) is 5.91. The van der Waals surface area contributed by atoms with Gasteiger partial charge in [0.25, 0.3) is 5.92 Å². The third kappa shape index (κ3) is 9.20. The van der Waals surface area contributed by atoms with Gasteiger partial charge < -0.3 is 15.1 Å². The maximum Gasteiger partial charge on any atom is 0.266 e. The van der Waals surface area contributed by atoms with Crippen molar-refractivity contribution in [2.24, 2.45) is 11.3 Å².